The summed E-state index contributed by atoms with van der Waals surface area (Å²) in [5.74, 6) is -0.397. The van der Waals surface area contributed by atoms with Gasteiger partial charge in [-0.15, -0.1) is 0 Å². The third kappa shape index (κ3) is 2.38. The number of rotatable bonds is 3. The summed E-state index contributed by atoms with van der Waals surface area (Å²) in [5.41, 5.74) is 5.11. The van der Waals surface area contributed by atoms with Gasteiger partial charge in [-0.05, 0) is 10.9 Å². The molecule has 0 bridgehead atoms. The van der Waals surface area contributed by atoms with Gasteiger partial charge in [-0.25, -0.2) is 5.43 Å². The molecule has 1 aliphatic rings. The first-order chi connectivity index (χ1) is 11.7. The first-order valence-corrected chi connectivity index (χ1v) is 7.71. The van der Waals surface area contributed by atoms with E-state index in [4.69, 9.17) is 0 Å². The number of amides is 1. The Morgan fingerprint density at radius 1 is 0.875 bits per heavy atom. The molecule has 0 saturated heterocycles. The molecule has 0 fully saturated rings. The number of hydrogen-bond donors (Lipinski definition) is 1. The standard InChI is InChI=1S/C20H14N2O2/c23-17(12-13-6-2-1-3-7-13)21-22-19-15-10-4-8-14-9-5-11-16(18(14)15)20(19)24/h1-11H,12H2,(H,21,23). The predicted octanol–water partition coefficient (Wildman–Crippen LogP) is 3.10. The van der Waals surface area contributed by atoms with Crippen LogP contribution in [0.5, 0.6) is 0 Å². The van der Waals surface area contributed by atoms with Crippen LogP contribution in [0.4, 0.5) is 0 Å². The van der Waals surface area contributed by atoms with Gasteiger partial charge < -0.3 is 0 Å². The molecule has 24 heavy (non-hydrogen) atoms. The van der Waals surface area contributed by atoms with E-state index in [1.54, 1.807) is 6.07 Å². The minimum Gasteiger partial charge on any atom is -0.287 e. The summed E-state index contributed by atoms with van der Waals surface area (Å²) in [6.07, 6.45) is 0.225. The van der Waals surface area contributed by atoms with Crippen molar-refractivity contribution in [3.05, 3.63) is 83.4 Å². The molecule has 0 spiro atoms. The van der Waals surface area contributed by atoms with E-state index in [-0.39, 0.29) is 18.1 Å². The van der Waals surface area contributed by atoms with Crippen molar-refractivity contribution in [3.63, 3.8) is 0 Å². The molecule has 4 heteroatoms. The number of hydrazone groups is 1. The van der Waals surface area contributed by atoms with Gasteiger partial charge in [0.15, 0.2) is 0 Å². The lowest BCUT2D eigenvalue weighted by Gasteiger charge is -2.02. The van der Waals surface area contributed by atoms with E-state index in [0.717, 1.165) is 21.9 Å². The largest absolute Gasteiger partial charge is 0.287 e. The van der Waals surface area contributed by atoms with Crippen LogP contribution < -0.4 is 5.43 Å². The highest BCUT2D eigenvalue weighted by Crippen LogP contribution is 2.30. The molecule has 0 aliphatic heterocycles. The Balaban J connectivity index is 1.61. The van der Waals surface area contributed by atoms with Gasteiger partial charge in [0.05, 0.1) is 6.42 Å². The molecular weight excluding hydrogens is 300 g/mol. The Kier molecular flexibility index (Phi) is 3.43. The smallest absolute Gasteiger partial charge is 0.244 e. The van der Waals surface area contributed by atoms with E-state index >= 15 is 0 Å². The summed E-state index contributed by atoms with van der Waals surface area (Å²) in [7, 11) is 0. The molecule has 0 atom stereocenters. The molecule has 0 heterocycles. The molecule has 1 amide bonds. The number of benzene rings is 3. The van der Waals surface area contributed by atoms with Crippen molar-refractivity contribution in [1.82, 2.24) is 5.43 Å². The fourth-order valence-electron chi connectivity index (χ4n) is 3.03. The molecule has 4 rings (SSSR count). The lowest BCUT2D eigenvalue weighted by atomic mass is 10.1. The zero-order valence-electron chi connectivity index (χ0n) is 12.8. The van der Waals surface area contributed by atoms with Crippen molar-refractivity contribution in [2.75, 3.05) is 0 Å². The van der Waals surface area contributed by atoms with Crippen LogP contribution in [0, 0.1) is 0 Å². The molecule has 0 radical (unpaired) electrons. The normalized spacial score (nSPS) is 14.3. The zero-order valence-corrected chi connectivity index (χ0v) is 12.8. The average Bonchev–Trinajstić information content (AvgIpc) is 2.88. The van der Waals surface area contributed by atoms with E-state index in [1.807, 2.05) is 60.7 Å². The number of carbonyl (C=O) groups excluding carboxylic acids is 2. The number of Topliss-reactive ketones (excluding diaryl/α,β-unsaturated/α-hetero) is 1. The molecule has 4 nitrogen and oxygen atoms in total. The summed E-state index contributed by atoms with van der Waals surface area (Å²) >= 11 is 0. The quantitative estimate of drug-likeness (QED) is 0.755. The lowest BCUT2D eigenvalue weighted by Crippen LogP contribution is -2.23. The Hall–Kier alpha value is -3.27. The molecule has 3 aromatic rings. The summed E-state index contributed by atoms with van der Waals surface area (Å²) in [5, 5.41) is 6.01. The van der Waals surface area contributed by atoms with Crippen molar-refractivity contribution >= 4 is 28.2 Å². The molecule has 0 aromatic heterocycles. The second kappa shape index (κ2) is 5.74. The number of nitrogens with one attached hydrogen (secondary N) is 1. The Morgan fingerprint density at radius 2 is 1.58 bits per heavy atom. The number of hydrogen-bond acceptors (Lipinski definition) is 3. The SMILES string of the molecule is O=C(Cc1ccccc1)NN=C1C(=O)c2cccc3cccc1c23. The zero-order chi connectivity index (χ0) is 16.5. The Labute approximate surface area is 138 Å². The molecule has 0 saturated carbocycles. The van der Waals surface area contributed by atoms with Crippen molar-refractivity contribution in [2.24, 2.45) is 5.10 Å². The summed E-state index contributed by atoms with van der Waals surface area (Å²) in [6.45, 7) is 0. The van der Waals surface area contributed by atoms with Gasteiger partial charge in [0, 0.05) is 16.5 Å². The van der Waals surface area contributed by atoms with Crippen molar-refractivity contribution in [2.45, 2.75) is 6.42 Å². The van der Waals surface area contributed by atoms with Gasteiger partial charge in [-0.2, -0.15) is 5.10 Å². The van der Waals surface area contributed by atoms with Crippen LogP contribution in [-0.4, -0.2) is 17.4 Å². The first kappa shape index (κ1) is 14.3. The minimum absolute atomic E-state index is 0.151. The highest BCUT2D eigenvalue weighted by molar-refractivity contribution is 6.59. The third-order valence-electron chi connectivity index (χ3n) is 4.12. The maximum atomic E-state index is 12.6. The summed E-state index contributed by atoms with van der Waals surface area (Å²) < 4.78 is 0. The highest BCUT2D eigenvalue weighted by Gasteiger charge is 2.28. The predicted molar refractivity (Wildman–Crippen MR) is 93.1 cm³/mol. The van der Waals surface area contributed by atoms with Gasteiger partial charge in [0.25, 0.3) is 0 Å². The van der Waals surface area contributed by atoms with E-state index < -0.39 is 0 Å². The van der Waals surface area contributed by atoms with E-state index in [0.29, 0.717) is 11.3 Å². The average molecular weight is 314 g/mol. The molecular formula is C20H14N2O2. The van der Waals surface area contributed by atoms with Crippen LogP contribution in [0.3, 0.4) is 0 Å². The Bertz CT molecular complexity index is 986. The van der Waals surface area contributed by atoms with E-state index in [1.165, 1.54) is 0 Å². The second-order valence-corrected chi connectivity index (χ2v) is 5.70. The maximum Gasteiger partial charge on any atom is 0.244 e. The molecule has 0 unspecified atom stereocenters. The maximum absolute atomic E-state index is 12.6. The van der Waals surface area contributed by atoms with Crippen LogP contribution in [0.2, 0.25) is 0 Å². The number of ketones is 1. The topological polar surface area (TPSA) is 58.5 Å². The van der Waals surface area contributed by atoms with Crippen LogP contribution in [0.15, 0.2) is 71.8 Å². The monoisotopic (exact) mass is 314 g/mol. The summed E-state index contributed by atoms with van der Waals surface area (Å²) in [6, 6.07) is 20.8. The molecule has 1 aliphatic carbocycles. The summed E-state index contributed by atoms with van der Waals surface area (Å²) in [4.78, 5) is 24.6. The van der Waals surface area contributed by atoms with E-state index in [2.05, 4.69) is 10.5 Å². The minimum atomic E-state index is -0.246. The fourth-order valence-corrected chi connectivity index (χ4v) is 3.03. The van der Waals surface area contributed by atoms with Gasteiger partial charge in [-0.3, -0.25) is 9.59 Å². The number of nitrogens with zero attached hydrogens (tertiary/aromatic N) is 1. The van der Waals surface area contributed by atoms with Crippen LogP contribution in [0.25, 0.3) is 10.8 Å². The molecule has 3 aromatic carbocycles. The van der Waals surface area contributed by atoms with Crippen molar-refractivity contribution < 1.29 is 9.59 Å². The van der Waals surface area contributed by atoms with Gasteiger partial charge in [0.2, 0.25) is 11.7 Å². The van der Waals surface area contributed by atoms with Crippen LogP contribution in [0.1, 0.15) is 21.5 Å². The van der Waals surface area contributed by atoms with Gasteiger partial charge >= 0.3 is 0 Å². The van der Waals surface area contributed by atoms with Crippen LogP contribution in [-0.2, 0) is 11.2 Å². The number of carbonyl (C=O) groups is 2. The second-order valence-electron chi connectivity index (χ2n) is 5.70. The molecule has 1 N–H and O–H groups in total. The Morgan fingerprint density at radius 3 is 2.33 bits per heavy atom. The fraction of sp³-hybridized carbons (Fsp3) is 0.0500. The molecule has 116 valence electrons. The lowest BCUT2D eigenvalue weighted by molar-refractivity contribution is -0.120. The van der Waals surface area contributed by atoms with Crippen molar-refractivity contribution in [1.29, 1.82) is 0 Å². The first-order valence-electron chi connectivity index (χ1n) is 7.71. The van der Waals surface area contributed by atoms with Crippen molar-refractivity contribution in [3.8, 4) is 0 Å². The van der Waals surface area contributed by atoms with E-state index in [9.17, 15) is 9.59 Å². The van der Waals surface area contributed by atoms with Crippen LogP contribution >= 0.6 is 0 Å². The van der Waals surface area contributed by atoms with Gasteiger partial charge in [-0.1, -0.05) is 66.7 Å². The third-order valence-corrected chi connectivity index (χ3v) is 4.12. The van der Waals surface area contributed by atoms with Gasteiger partial charge in [0.1, 0.15) is 5.71 Å². The highest BCUT2D eigenvalue weighted by atomic mass is 16.2.